The van der Waals surface area contributed by atoms with Gasteiger partial charge in [-0.3, -0.25) is 4.79 Å². The number of nitrogens with one attached hydrogen (secondary N) is 1. The van der Waals surface area contributed by atoms with Crippen LogP contribution in [0.2, 0.25) is 0 Å². The van der Waals surface area contributed by atoms with Gasteiger partial charge >= 0.3 is 0 Å². The van der Waals surface area contributed by atoms with Crippen LogP contribution in [0.25, 0.3) is 0 Å². The average molecular weight is 254 g/mol. The van der Waals surface area contributed by atoms with Crippen molar-refractivity contribution in [1.29, 1.82) is 5.26 Å². The molecule has 19 heavy (non-hydrogen) atoms. The maximum Gasteiger partial charge on any atom is 0.224 e. The number of nitriles is 1. The Balaban J connectivity index is 1.55. The standard InChI is InChI=1S/C16H18N2O/c17-10-11-2-5-15(6-3-11)18-16(19)9-14-8-12-1-4-13(14)7-12/h2-3,5-6,12-14H,1,4,7-9H2,(H,18,19). The van der Waals surface area contributed by atoms with Gasteiger partial charge in [0, 0.05) is 12.1 Å². The quantitative estimate of drug-likeness (QED) is 0.899. The number of carbonyl (C=O) groups is 1. The zero-order chi connectivity index (χ0) is 13.2. The van der Waals surface area contributed by atoms with Crippen LogP contribution in [0.3, 0.4) is 0 Å². The third-order valence-electron chi connectivity index (χ3n) is 4.63. The molecule has 0 aromatic heterocycles. The summed E-state index contributed by atoms with van der Waals surface area (Å²) in [5.74, 6) is 2.38. The highest BCUT2D eigenvalue weighted by atomic mass is 16.1. The third-order valence-corrected chi connectivity index (χ3v) is 4.63. The molecule has 0 saturated heterocycles. The van der Waals surface area contributed by atoms with Gasteiger partial charge < -0.3 is 5.32 Å². The molecule has 2 fully saturated rings. The number of fused-ring (bicyclic) bond motifs is 2. The Labute approximate surface area is 113 Å². The van der Waals surface area contributed by atoms with Crippen molar-refractivity contribution in [3.8, 4) is 6.07 Å². The molecule has 3 rings (SSSR count). The van der Waals surface area contributed by atoms with E-state index >= 15 is 0 Å². The highest BCUT2D eigenvalue weighted by Gasteiger charge is 2.40. The smallest absolute Gasteiger partial charge is 0.224 e. The minimum absolute atomic E-state index is 0.113. The van der Waals surface area contributed by atoms with Crippen molar-refractivity contribution >= 4 is 11.6 Å². The summed E-state index contributed by atoms with van der Waals surface area (Å²) in [7, 11) is 0. The Bertz CT molecular complexity index is 515. The molecule has 3 unspecified atom stereocenters. The topological polar surface area (TPSA) is 52.9 Å². The Morgan fingerprint density at radius 1 is 1.26 bits per heavy atom. The maximum atomic E-state index is 12.0. The first-order valence-corrected chi connectivity index (χ1v) is 7.04. The Morgan fingerprint density at radius 2 is 2.05 bits per heavy atom. The molecule has 1 aromatic carbocycles. The minimum Gasteiger partial charge on any atom is -0.326 e. The Morgan fingerprint density at radius 3 is 2.63 bits per heavy atom. The van der Waals surface area contributed by atoms with Crippen molar-refractivity contribution in [1.82, 2.24) is 0 Å². The SMILES string of the molecule is N#Cc1ccc(NC(=O)CC2CC3CCC2C3)cc1. The van der Waals surface area contributed by atoms with Crippen LogP contribution in [0.15, 0.2) is 24.3 Å². The number of anilines is 1. The first-order chi connectivity index (χ1) is 9.24. The van der Waals surface area contributed by atoms with Gasteiger partial charge in [-0.05, 0) is 61.3 Å². The molecule has 0 aliphatic heterocycles. The lowest BCUT2D eigenvalue weighted by molar-refractivity contribution is -0.117. The maximum absolute atomic E-state index is 12.0. The third kappa shape index (κ3) is 2.63. The zero-order valence-corrected chi connectivity index (χ0v) is 10.9. The van der Waals surface area contributed by atoms with E-state index < -0.39 is 0 Å². The number of nitrogens with zero attached hydrogens (tertiary/aromatic N) is 1. The van der Waals surface area contributed by atoms with E-state index in [-0.39, 0.29) is 5.91 Å². The lowest BCUT2D eigenvalue weighted by atomic mass is 9.86. The van der Waals surface area contributed by atoms with Crippen LogP contribution < -0.4 is 5.32 Å². The van der Waals surface area contributed by atoms with Gasteiger partial charge in [-0.15, -0.1) is 0 Å². The number of hydrogen-bond donors (Lipinski definition) is 1. The summed E-state index contributed by atoms with van der Waals surface area (Å²) >= 11 is 0. The molecule has 0 heterocycles. The fourth-order valence-electron chi connectivity index (χ4n) is 3.70. The lowest BCUT2D eigenvalue weighted by Gasteiger charge is -2.20. The van der Waals surface area contributed by atoms with E-state index in [1.807, 2.05) is 0 Å². The zero-order valence-electron chi connectivity index (χ0n) is 10.9. The average Bonchev–Trinajstić information content (AvgIpc) is 3.02. The van der Waals surface area contributed by atoms with Crippen LogP contribution in [0.5, 0.6) is 0 Å². The second kappa shape index (κ2) is 5.05. The van der Waals surface area contributed by atoms with Gasteiger partial charge in [0.05, 0.1) is 11.6 Å². The number of rotatable bonds is 3. The largest absolute Gasteiger partial charge is 0.326 e. The Kier molecular flexibility index (Phi) is 3.25. The number of carbonyl (C=O) groups excluding carboxylic acids is 1. The molecule has 3 heteroatoms. The van der Waals surface area contributed by atoms with Gasteiger partial charge in [0.2, 0.25) is 5.91 Å². The van der Waals surface area contributed by atoms with Crippen LogP contribution in [0, 0.1) is 29.1 Å². The van der Waals surface area contributed by atoms with Crippen LogP contribution in [0.4, 0.5) is 5.69 Å². The van der Waals surface area contributed by atoms with Crippen LogP contribution >= 0.6 is 0 Å². The van der Waals surface area contributed by atoms with Crippen molar-refractivity contribution in [3.05, 3.63) is 29.8 Å². The van der Waals surface area contributed by atoms with Crippen molar-refractivity contribution in [3.63, 3.8) is 0 Å². The molecular formula is C16H18N2O. The van der Waals surface area contributed by atoms with Crippen molar-refractivity contribution in [2.24, 2.45) is 17.8 Å². The van der Waals surface area contributed by atoms with E-state index in [2.05, 4.69) is 11.4 Å². The van der Waals surface area contributed by atoms with Gasteiger partial charge in [-0.25, -0.2) is 0 Å². The van der Waals surface area contributed by atoms with Gasteiger partial charge in [0.25, 0.3) is 0 Å². The molecular weight excluding hydrogens is 236 g/mol. The highest BCUT2D eigenvalue weighted by molar-refractivity contribution is 5.90. The first-order valence-electron chi connectivity index (χ1n) is 7.04. The predicted molar refractivity (Wildman–Crippen MR) is 73.3 cm³/mol. The summed E-state index contributed by atoms with van der Waals surface area (Å²) in [5.41, 5.74) is 1.40. The first kappa shape index (κ1) is 12.2. The molecule has 3 nitrogen and oxygen atoms in total. The fraction of sp³-hybridized carbons (Fsp3) is 0.500. The summed E-state index contributed by atoms with van der Waals surface area (Å²) in [6.07, 6.45) is 5.93. The summed E-state index contributed by atoms with van der Waals surface area (Å²) in [4.78, 5) is 12.0. The molecule has 3 atom stereocenters. The fourth-order valence-corrected chi connectivity index (χ4v) is 3.70. The van der Waals surface area contributed by atoms with E-state index in [9.17, 15) is 4.79 Å². The molecule has 0 radical (unpaired) electrons. The van der Waals surface area contributed by atoms with Gasteiger partial charge in [-0.1, -0.05) is 6.42 Å². The second-order valence-corrected chi connectivity index (χ2v) is 5.88. The van der Waals surface area contributed by atoms with E-state index in [1.165, 1.54) is 25.7 Å². The summed E-state index contributed by atoms with van der Waals surface area (Å²) in [5, 5.41) is 11.7. The van der Waals surface area contributed by atoms with E-state index in [0.717, 1.165) is 17.5 Å². The molecule has 1 aromatic rings. The van der Waals surface area contributed by atoms with Gasteiger partial charge in [0.1, 0.15) is 0 Å². The van der Waals surface area contributed by atoms with Gasteiger partial charge in [-0.2, -0.15) is 5.26 Å². The van der Waals surface area contributed by atoms with Crippen LogP contribution in [-0.2, 0) is 4.79 Å². The van der Waals surface area contributed by atoms with Crippen molar-refractivity contribution in [2.45, 2.75) is 32.1 Å². The number of benzene rings is 1. The van der Waals surface area contributed by atoms with Crippen LogP contribution in [-0.4, -0.2) is 5.91 Å². The van der Waals surface area contributed by atoms with E-state index in [1.54, 1.807) is 24.3 Å². The van der Waals surface area contributed by atoms with E-state index in [0.29, 0.717) is 17.9 Å². The molecule has 1 N–H and O–H groups in total. The predicted octanol–water partition coefficient (Wildman–Crippen LogP) is 3.32. The lowest BCUT2D eigenvalue weighted by Crippen LogP contribution is -2.20. The monoisotopic (exact) mass is 254 g/mol. The molecule has 2 aliphatic rings. The number of amides is 1. The second-order valence-electron chi connectivity index (χ2n) is 5.88. The summed E-state index contributed by atoms with van der Waals surface area (Å²) in [6.45, 7) is 0. The molecule has 1 amide bonds. The Hall–Kier alpha value is -1.82. The molecule has 98 valence electrons. The van der Waals surface area contributed by atoms with Crippen LogP contribution in [0.1, 0.15) is 37.7 Å². The van der Waals surface area contributed by atoms with E-state index in [4.69, 9.17) is 5.26 Å². The van der Waals surface area contributed by atoms with Gasteiger partial charge in [0.15, 0.2) is 0 Å². The normalized spacial score (nSPS) is 28.1. The molecule has 2 saturated carbocycles. The summed E-state index contributed by atoms with van der Waals surface area (Å²) < 4.78 is 0. The van der Waals surface area contributed by atoms with Crippen molar-refractivity contribution in [2.75, 3.05) is 5.32 Å². The highest BCUT2D eigenvalue weighted by Crippen LogP contribution is 2.49. The number of hydrogen-bond acceptors (Lipinski definition) is 2. The van der Waals surface area contributed by atoms with Crippen molar-refractivity contribution < 1.29 is 4.79 Å². The molecule has 0 spiro atoms. The summed E-state index contributed by atoms with van der Waals surface area (Å²) in [6, 6.07) is 9.11. The minimum atomic E-state index is 0.113. The molecule has 2 bridgehead atoms. The molecule has 2 aliphatic carbocycles.